The summed E-state index contributed by atoms with van der Waals surface area (Å²) in [5.41, 5.74) is 6.34. The second-order valence-corrected chi connectivity index (χ2v) is 6.87. The Morgan fingerprint density at radius 1 is 1.21 bits per heavy atom. The molecular weight excluding hydrogens is 326 g/mol. The molecule has 1 aliphatic heterocycles. The normalized spacial score (nSPS) is 25.9. The van der Waals surface area contributed by atoms with Crippen LogP contribution in [0.15, 0.2) is 30.3 Å². The number of nitrogens with two attached hydrogens (primary N) is 1. The van der Waals surface area contributed by atoms with Crippen molar-refractivity contribution in [1.29, 1.82) is 0 Å². The first-order chi connectivity index (χ1) is 11.0. The fraction of sp³-hybridized carbons (Fsp3) is 0.556. The lowest BCUT2D eigenvalue weighted by atomic mass is 9.81. The van der Waals surface area contributed by atoms with E-state index in [9.17, 15) is 9.59 Å². The van der Waals surface area contributed by atoms with Crippen LogP contribution in [-0.2, 0) is 9.59 Å². The van der Waals surface area contributed by atoms with Crippen LogP contribution in [-0.4, -0.2) is 29.4 Å². The standard InChI is InChI=1S/C18H25N3O2.ClH/c1-13-12-15(16(22)21(13)14-8-4-2-5-9-14)20-17(23)18(19)10-6-3-7-11-18;/h2,4-5,8-9,13,15H,3,6-7,10-12,19H2,1H3,(H,20,23);1H. The van der Waals surface area contributed by atoms with Crippen molar-refractivity contribution >= 4 is 29.9 Å². The molecule has 1 aromatic rings. The number of benzene rings is 1. The lowest BCUT2D eigenvalue weighted by molar-refractivity contribution is -0.131. The summed E-state index contributed by atoms with van der Waals surface area (Å²) >= 11 is 0. The van der Waals surface area contributed by atoms with Crippen molar-refractivity contribution in [3.63, 3.8) is 0 Å². The van der Waals surface area contributed by atoms with E-state index in [1.807, 2.05) is 37.3 Å². The minimum atomic E-state index is -0.804. The highest BCUT2D eigenvalue weighted by molar-refractivity contribution is 6.02. The van der Waals surface area contributed by atoms with Gasteiger partial charge in [0.2, 0.25) is 11.8 Å². The summed E-state index contributed by atoms with van der Waals surface area (Å²) in [6, 6.07) is 9.19. The number of carbonyl (C=O) groups excluding carboxylic acids is 2. The van der Waals surface area contributed by atoms with E-state index in [2.05, 4.69) is 5.32 Å². The average Bonchev–Trinajstić information content (AvgIpc) is 2.83. The first-order valence-corrected chi connectivity index (χ1v) is 8.49. The molecule has 24 heavy (non-hydrogen) atoms. The van der Waals surface area contributed by atoms with Crippen molar-refractivity contribution in [1.82, 2.24) is 5.32 Å². The fourth-order valence-electron chi connectivity index (χ4n) is 3.74. The zero-order chi connectivity index (χ0) is 16.4. The number of hydrogen-bond acceptors (Lipinski definition) is 3. The fourth-order valence-corrected chi connectivity index (χ4v) is 3.74. The van der Waals surface area contributed by atoms with Crippen molar-refractivity contribution in [3.05, 3.63) is 30.3 Å². The Morgan fingerprint density at radius 2 is 1.83 bits per heavy atom. The minimum absolute atomic E-state index is 0. The quantitative estimate of drug-likeness (QED) is 0.877. The second-order valence-electron chi connectivity index (χ2n) is 6.87. The van der Waals surface area contributed by atoms with Gasteiger partial charge in [-0.05, 0) is 38.3 Å². The van der Waals surface area contributed by atoms with Gasteiger partial charge in [0.05, 0.1) is 5.54 Å². The summed E-state index contributed by atoms with van der Waals surface area (Å²) in [5, 5.41) is 2.91. The lowest BCUT2D eigenvalue weighted by Gasteiger charge is -2.32. The van der Waals surface area contributed by atoms with Crippen LogP contribution in [0.1, 0.15) is 45.4 Å². The van der Waals surface area contributed by atoms with Crippen LogP contribution in [0, 0.1) is 0 Å². The van der Waals surface area contributed by atoms with Crippen molar-refractivity contribution in [3.8, 4) is 0 Å². The van der Waals surface area contributed by atoms with Crippen molar-refractivity contribution in [2.75, 3.05) is 4.90 Å². The second kappa shape index (κ2) is 7.53. The molecule has 1 aliphatic carbocycles. The number of hydrogen-bond donors (Lipinski definition) is 2. The maximum atomic E-state index is 12.7. The predicted molar refractivity (Wildman–Crippen MR) is 97.2 cm³/mol. The Kier molecular flexibility index (Phi) is 5.88. The van der Waals surface area contributed by atoms with Crippen LogP contribution in [0.5, 0.6) is 0 Å². The smallest absolute Gasteiger partial charge is 0.249 e. The molecule has 1 saturated carbocycles. The van der Waals surface area contributed by atoms with Crippen LogP contribution in [0.2, 0.25) is 0 Å². The number of nitrogens with one attached hydrogen (secondary N) is 1. The summed E-state index contributed by atoms with van der Waals surface area (Å²) in [7, 11) is 0. The third kappa shape index (κ3) is 3.57. The molecule has 1 saturated heterocycles. The molecule has 2 aliphatic rings. The Morgan fingerprint density at radius 3 is 2.46 bits per heavy atom. The van der Waals surface area contributed by atoms with E-state index in [0.717, 1.165) is 24.9 Å². The molecule has 5 nitrogen and oxygen atoms in total. The van der Waals surface area contributed by atoms with Crippen molar-refractivity contribution in [2.45, 2.75) is 63.1 Å². The number of para-hydroxylation sites is 1. The summed E-state index contributed by atoms with van der Waals surface area (Å²) in [6.45, 7) is 2.01. The molecule has 0 spiro atoms. The number of anilines is 1. The zero-order valence-electron chi connectivity index (χ0n) is 14.0. The SMILES string of the molecule is CC1CC(NC(=O)C2(N)CCCCC2)C(=O)N1c1ccccc1.Cl. The summed E-state index contributed by atoms with van der Waals surface area (Å²) in [5.74, 6) is -0.214. The summed E-state index contributed by atoms with van der Waals surface area (Å²) in [6.07, 6.45) is 5.13. The molecule has 0 radical (unpaired) electrons. The Balaban J connectivity index is 0.00000208. The molecule has 1 aromatic carbocycles. The van der Waals surface area contributed by atoms with Crippen molar-refractivity contribution in [2.24, 2.45) is 5.73 Å². The van der Waals surface area contributed by atoms with Gasteiger partial charge in [0.25, 0.3) is 0 Å². The van der Waals surface area contributed by atoms with Crippen LogP contribution in [0.25, 0.3) is 0 Å². The molecule has 2 fully saturated rings. The maximum Gasteiger partial charge on any atom is 0.249 e. The number of nitrogens with zero attached hydrogens (tertiary/aromatic N) is 1. The van der Waals surface area contributed by atoms with Crippen LogP contribution in [0.3, 0.4) is 0 Å². The van der Waals surface area contributed by atoms with Gasteiger partial charge in [-0.25, -0.2) is 0 Å². The molecule has 3 N–H and O–H groups in total. The van der Waals surface area contributed by atoms with E-state index in [4.69, 9.17) is 5.73 Å². The number of halogens is 1. The molecule has 0 aromatic heterocycles. The Bertz CT molecular complexity index is 587. The molecule has 1 heterocycles. The maximum absolute atomic E-state index is 12.7. The number of carbonyl (C=O) groups is 2. The Labute approximate surface area is 149 Å². The van der Waals surface area contributed by atoms with Gasteiger partial charge in [0.15, 0.2) is 0 Å². The van der Waals surface area contributed by atoms with Gasteiger partial charge >= 0.3 is 0 Å². The monoisotopic (exact) mass is 351 g/mol. The number of amides is 2. The van der Waals surface area contributed by atoms with E-state index in [-0.39, 0.29) is 30.3 Å². The van der Waals surface area contributed by atoms with E-state index in [0.29, 0.717) is 19.3 Å². The molecule has 2 amide bonds. The zero-order valence-corrected chi connectivity index (χ0v) is 14.8. The van der Waals surface area contributed by atoms with E-state index < -0.39 is 11.6 Å². The first-order valence-electron chi connectivity index (χ1n) is 8.49. The van der Waals surface area contributed by atoms with Gasteiger partial charge in [-0.3, -0.25) is 9.59 Å². The third-order valence-electron chi connectivity index (χ3n) is 5.09. The minimum Gasteiger partial charge on any atom is -0.343 e. The highest BCUT2D eigenvalue weighted by Crippen LogP contribution is 2.29. The summed E-state index contributed by atoms with van der Waals surface area (Å²) in [4.78, 5) is 27.0. The molecule has 132 valence electrons. The largest absolute Gasteiger partial charge is 0.343 e. The number of rotatable bonds is 3. The van der Waals surface area contributed by atoms with E-state index >= 15 is 0 Å². The average molecular weight is 352 g/mol. The van der Waals surface area contributed by atoms with E-state index in [1.165, 1.54) is 0 Å². The van der Waals surface area contributed by atoms with Crippen molar-refractivity contribution < 1.29 is 9.59 Å². The van der Waals surface area contributed by atoms with Crippen LogP contribution >= 0.6 is 12.4 Å². The van der Waals surface area contributed by atoms with Gasteiger partial charge in [0, 0.05) is 11.7 Å². The predicted octanol–water partition coefficient (Wildman–Crippen LogP) is 2.38. The summed E-state index contributed by atoms with van der Waals surface area (Å²) < 4.78 is 0. The molecule has 0 bridgehead atoms. The van der Waals surface area contributed by atoms with Crippen LogP contribution < -0.4 is 16.0 Å². The van der Waals surface area contributed by atoms with Crippen LogP contribution in [0.4, 0.5) is 5.69 Å². The molecule has 6 heteroatoms. The van der Waals surface area contributed by atoms with Gasteiger partial charge in [-0.2, -0.15) is 0 Å². The van der Waals surface area contributed by atoms with Gasteiger partial charge in [-0.1, -0.05) is 37.5 Å². The highest BCUT2D eigenvalue weighted by atomic mass is 35.5. The third-order valence-corrected chi connectivity index (χ3v) is 5.09. The molecule has 2 unspecified atom stereocenters. The first kappa shape index (κ1) is 18.7. The molecule has 2 atom stereocenters. The Hall–Kier alpha value is -1.59. The molecule has 3 rings (SSSR count). The lowest BCUT2D eigenvalue weighted by Crippen LogP contribution is -2.58. The van der Waals surface area contributed by atoms with E-state index in [1.54, 1.807) is 4.90 Å². The van der Waals surface area contributed by atoms with Gasteiger partial charge < -0.3 is 16.0 Å². The topological polar surface area (TPSA) is 75.4 Å². The molecular formula is C18H26ClN3O2. The highest BCUT2D eigenvalue weighted by Gasteiger charge is 2.42. The van der Waals surface area contributed by atoms with Gasteiger partial charge in [-0.15, -0.1) is 12.4 Å². The van der Waals surface area contributed by atoms with Gasteiger partial charge in [0.1, 0.15) is 6.04 Å².